The van der Waals surface area contributed by atoms with Crippen molar-refractivity contribution in [1.82, 2.24) is 9.55 Å². The van der Waals surface area contributed by atoms with Crippen LogP contribution >= 0.6 is 11.8 Å². The standard InChI is InChI=1S/C18H22F3N3OS/c1-9(2)8-24-11(4)10(3)22-18(24)26-12(5)17(25)23-14-7-6-13(19)15(20)16(14)21/h6-7,9,12H,8H2,1-5H3,(H,23,25)/t12-/m1/s1. The molecular weight excluding hydrogens is 363 g/mol. The van der Waals surface area contributed by atoms with Gasteiger partial charge in [-0.15, -0.1) is 0 Å². The van der Waals surface area contributed by atoms with Crippen LogP contribution in [0.25, 0.3) is 0 Å². The van der Waals surface area contributed by atoms with E-state index in [1.165, 1.54) is 11.8 Å². The number of carbonyl (C=O) groups excluding carboxylic acids is 1. The molecule has 0 saturated carbocycles. The smallest absolute Gasteiger partial charge is 0.237 e. The van der Waals surface area contributed by atoms with Gasteiger partial charge in [0.15, 0.2) is 22.6 Å². The van der Waals surface area contributed by atoms with Crippen LogP contribution in [0.1, 0.15) is 32.2 Å². The lowest BCUT2D eigenvalue weighted by atomic mass is 10.2. The van der Waals surface area contributed by atoms with E-state index in [2.05, 4.69) is 24.1 Å². The first-order valence-corrected chi connectivity index (χ1v) is 9.14. The molecule has 0 aliphatic rings. The van der Waals surface area contributed by atoms with Crippen LogP contribution in [0.4, 0.5) is 18.9 Å². The van der Waals surface area contributed by atoms with E-state index in [1.807, 2.05) is 18.4 Å². The van der Waals surface area contributed by atoms with Gasteiger partial charge in [-0.25, -0.2) is 18.2 Å². The summed E-state index contributed by atoms with van der Waals surface area (Å²) in [6.45, 7) is 10.5. The SMILES string of the molecule is Cc1nc(S[C@H](C)C(=O)Nc2ccc(F)c(F)c2F)n(CC(C)C)c1C. The molecule has 0 spiro atoms. The van der Waals surface area contributed by atoms with Crippen LogP contribution in [0, 0.1) is 37.2 Å². The normalized spacial score (nSPS) is 12.5. The zero-order valence-electron chi connectivity index (χ0n) is 15.4. The number of nitrogens with zero attached hydrogens (tertiary/aromatic N) is 2. The highest BCUT2D eigenvalue weighted by atomic mass is 32.2. The quantitative estimate of drug-likeness (QED) is 0.580. The van der Waals surface area contributed by atoms with Crippen LogP contribution in [-0.2, 0) is 11.3 Å². The Morgan fingerprint density at radius 1 is 1.19 bits per heavy atom. The third-order valence-electron chi connectivity index (χ3n) is 3.91. The van der Waals surface area contributed by atoms with E-state index in [0.29, 0.717) is 11.1 Å². The van der Waals surface area contributed by atoms with Gasteiger partial charge in [-0.05, 0) is 38.8 Å². The predicted molar refractivity (Wildman–Crippen MR) is 96.8 cm³/mol. The minimum Gasteiger partial charge on any atom is -0.323 e. The Labute approximate surface area is 155 Å². The summed E-state index contributed by atoms with van der Waals surface area (Å²) in [4.78, 5) is 16.8. The molecule has 0 bridgehead atoms. The Morgan fingerprint density at radius 3 is 2.46 bits per heavy atom. The second-order valence-corrected chi connectivity index (χ2v) is 7.85. The van der Waals surface area contributed by atoms with E-state index < -0.39 is 28.6 Å². The number of rotatable bonds is 6. The van der Waals surface area contributed by atoms with Gasteiger partial charge in [0, 0.05) is 12.2 Å². The van der Waals surface area contributed by atoms with Gasteiger partial charge in [0.25, 0.3) is 0 Å². The van der Waals surface area contributed by atoms with E-state index >= 15 is 0 Å². The number of nitrogens with one attached hydrogen (secondary N) is 1. The molecule has 142 valence electrons. The van der Waals surface area contributed by atoms with Crippen molar-refractivity contribution in [2.24, 2.45) is 5.92 Å². The molecule has 8 heteroatoms. The maximum absolute atomic E-state index is 13.7. The monoisotopic (exact) mass is 385 g/mol. The van der Waals surface area contributed by atoms with E-state index in [1.54, 1.807) is 6.92 Å². The molecule has 1 heterocycles. The number of aromatic nitrogens is 2. The van der Waals surface area contributed by atoms with Crippen LogP contribution in [0.15, 0.2) is 17.3 Å². The third-order valence-corrected chi connectivity index (χ3v) is 5.01. The fraction of sp³-hybridized carbons (Fsp3) is 0.444. The topological polar surface area (TPSA) is 46.9 Å². The fourth-order valence-corrected chi connectivity index (χ4v) is 3.37. The second-order valence-electron chi connectivity index (χ2n) is 6.54. The van der Waals surface area contributed by atoms with Crippen molar-refractivity contribution in [2.45, 2.75) is 51.6 Å². The number of imidazole rings is 1. The van der Waals surface area contributed by atoms with Gasteiger partial charge in [0.2, 0.25) is 5.91 Å². The van der Waals surface area contributed by atoms with Crippen molar-refractivity contribution < 1.29 is 18.0 Å². The van der Waals surface area contributed by atoms with Gasteiger partial charge in [0.05, 0.1) is 16.6 Å². The highest BCUT2D eigenvalue weighted by Gasteiger charge is 2.22. The molecule has 0 saturated heterocycles. The largest absolute Gasteiger partial charge is 0.323 e. The maximum atomic E-state index is 13.7. The molecular formula is C18H22F3N3OS. The Bertz CT molecular complexity index is 820. The number of benzene rings is 1. The van der Waals surface area contributed by atoms with Gasteiger partial charge in [0.1, 0.15) is 0 Å². The molecule has 26 heavy (non-hydrogen) atoms. The van der Waals surface area contributed by atoms with E-state index in [-0.39, 0.29) is 5.69 Å². The van der Waals surface area contributed by atoms with Gasteiger partial charge >= 0.3 is 0 Å². The molecule has 4 nitrogen and oxygen atoms in total. The van der Waals surface area contributed by atoms with Gasteiger partial charge in [-0.2, -0.15) is 0 Å². The second kappa shape index (κ2) is 8.16. The van der Waals surface area contributed by atoms with E-state index in [0.717, 1.165) is 30.1 Å². The highest BCUT2D eigenvalue weighted by Crippen LogP contribution is 2.27. The van der Waals surface area contributed by atoms with Crippen LogP contribution in [0.5, 0.6) is 0 Å². The number of carbonyl (C=O) groups is 1. The first-order valence-electron chi connectivity index (χ1n) is 8.26. The number of anilines is 1. The number of hydrogen-bond acceptors (Lipinski definition) is 3. The Balaban J connectivity index is 2.15. The molecule has 1 N–H and O–H groups in total. The first-order chi connectivity index (χ1) is 12.1. The zero-order chi connectivity index (χ0) is 19.6. The summed E-state index contributed by atoms with van der Waals surface area (Å²) in [5.74, 6) is -4.44. The molecule has 0 aliphatic carbocycles. The molecule has 1 amide bonds. The number of hydrogen-bond donors (Lipinski definition) is 1. The summed E-state index contributed by atoms with van der Waals surface area (Å²) in [5, 5.41) is 2.40. The summed E-state index contributed by atoms with van der Waals surface area (Å²) in [6, 6.07) is 1.77. The summed E-state index contributed by atoms with van der Waals surface area (Å²) in [7, 11) is 0. The molecule has 2 rings (SSSR count). The van der Waals surface area contributed by atoms with Crippen molar-refractivity contribution in [3.63, 3.8) is 0 Å². The molecule has 1 atom stereocenters. The van der Waals surface area contributed by atoms with Crippen LogP contribution in [-0.4, -0.2) is 20.7 Å². The number of thioether (sulfide) groups is 1. The zero-order valence-corrected chi connectivity index (χ0v) is 16.2. The highest BCUT2D eigenvalue weighted by molar-refractivity contribution is 8.00. The van der Waals surface area contributed by atoms with Crippen molar-refractivity contribution in [1.29, 1.82) is 0 Å². The third kappa shape index (κ3) is 4.41. The van der Waals surface area contributed by atoms with Gasteiger partial charge < -0.3 is 9.88 Å². The van der Waals surface area contributed by atoms with Crippen LogP contribution in [0.2, 0.25) is 0 Å². The van der Waals surface area contributed by atoms with E-state index in [9.17, 15) is 18.0 Å². The van der Waals surface area contributed by atoms with Crippen molar-refractivity contribution >= 4 is 23.4 Å². The Kier molecular flexibility index (Phi) is 6.39. The van der Waals surface area contributed by atoms with Crippen molar-refractivity contribution in [3.05, 3.63) is 41.0 Å². The number of amides is 1. The minimum absolute atomic E-state index is 0.390. The van der Waals surface area contributed by atoms with Crippen molar-refractivity contribution in [2.75, 3.05) is 5.32 Å². The lowest BCUT2D eigenvalue weighted by molar-refractivity contribution is -0.115. The summed E-state index contributed by atoms with van der Waals surface area (Å²) < 4.78 is 42.1. The predicted octanol–water partition coefficient (Wildman–Crippen LogP) is 4.69. The molecule has 0 aliphatic heterocycles. The van der Waals surface area contributed by atoms with Gasteiger partial charge in [-0.1, -0.05) is 25.6 Å². The molecule has 0 radical (unpaired) electrons. The van der Waals surface area contributed by atoms with Crippen LogP contribution < -0.4 is 5.32 Å². The minimum atomic E-state index is -1.61. The van der Waals surface area contributed by atoms with Crippen LogP contribution in [0.3, 0.4) is 0 Å². The first kappa shape index (κ1) is 20.4. The molecule has 0 fully saturated rings. The average Bonchev–Trinajstić information content (AvgIpc) is 2.82. The lowest BCUT2D eigenvalue weighted by Gasteiger charge is -2.15. The van der Waals surface area contributed by atoms with Crippen molar-refractivity contribution in [3.8, 4) is 0 Å². The average molecular weight is 385 g/mol. The Morgan fingerprint density at radius 2 is 1.85 bits per heavy atom. The van der Waals surface area contributed by atoms with Gasteiger partial charge in [-0.3, -0.25) is 4.79 Å². The summed E-state index contributed by atoms with van der Waals surface area (Å²) in [5.41, 5.74) is 1.52. The molecule has 1 aromatic heterocycles. The molecule has 2 aromatic rings. The van der Waals surface area contributed by atoms with E-state index in [4.69, 9.17) is 0 Å². The maximum Gasteiger partial charge on any atom is 0.237 e. The molecule has 1 aromatic carbocycles. The molecule has 0 unspecified atom stereocenters. The number of aryl methyl sites for hydroxylation is 1. The number of halogens is 3. The summed E-state index contributed by atoms with van der Waals surface area (Å²) >= 11 is 1.24. The summed E-state index contributed by atoms with van der Waals surface area (Å²) in [6.07, 6.45) is 0. The lowest BCUT2D eigenvalue weighted by Crippen LogP contribution is -2.24. The Hall–Kier alpha value is -1.96. The fourth-order valence-electron chi connectivity index (χ4n) is 2.36.